The zero-order valence-electron chi connectivity index (χ0n) is 32.0. The van der Waals surface area contributed by atoms with Crippen LogP contribution < -0.4 is 32.0 Å². The number of piperidine rings is 1. The Hall–Kier alpha value is -2.77. The van der Waals surface area contributed by atoms with Crippen molar-refractivity contribution >= 4 is 47.0 Å². The minimum Gasteiger partial charge on any atom is -0.377 e. The van der Waals surface area contributed by atoms with E-state index < -0.39 is 47.6 Å². The molecule has 0 spiro atoms. The number of carbonyl (C=O) groups is 6. The van der Waals surface area contributed by atoms with Gasteiger partial charge in [-0.1, -0.05) is 33.1 Å². The fraction of sp³-hybridized carbons (Fsp3) is 0.838. The van der Waals surface area contributed by atoms with Gasteiger partial charge < -0.3 is 24.8 Å². The first kappa shape index (κ1) is 41.9. The zero-order valence-corrected chi connectivity index (χ0v) is 32.8. The molecule has 4 heterocycles. The van der Waals surface area contributed by atoms with Crippen molar-refractivity contribution in [2.75, 3.05) is 46.1 Å². The van der Waals surface area contributed by atoms with Crippen molar-refractivity contribution in [3.63, 3.8) is 0 Å². The number of ether oxygens (including phenoxy) is 3. The largest absolute Gasteiger partial charge is 0.377 e. The lowest BCUT2D eigenvalue weighted by Crippen LogP contribution is -2.67. The molecule has 8 unspecified atom stereocenters. The molecule has 2 saturated carbocycles. The zero-order chi connectivity index (χ0) is 39.1. The van der Waals surface area contributed by atoms with Gasteiger partial charge in [0.15, 0.2) is 0 Å². The van der Waals surface area contributed by atoms with Crippen LogP contribution in [-0.2, 0) is 43.0 Å². The van der Waals surface area contributed by atoms with E-state index in [0.29, 0.717) is 37.3 Å². The van der Waals surface area contributed by atoms with Crippen LogP contribution in [0.4, 0.5) is 0 Å². The van der Waals surface area contributed by atoms with Gasteiger partial charge in [0, 0.05) is 37.6 Å². The van der Waals surface area contributed by atoms with Crippen molar-refractivity contribution in [2.24, 2.45) is 17.8 Å². The van der Waals surface area contributed by atoms with E-state index in [4.69, 9.17) is 25.8 Å². The molecule has 0 aromatic rings. The number of nitrogens with zero attached hydrogens (tertiary/aromatic N) is 2. The lowest BCUT2D eigenvalue weighted by atomic mass is 9.79. The summed E-state index contributed by atoms with van der Waals surface area (Å²) >= 11 is 6.67. The molecule has 55 heavy (non-hydrogen) atoms. The molecule has 0 aromatic carbocycles. The Morgan fingerprint density at radius 2 is 1.69 bits per heavy atom. The minimum atomic E-state index is -1.00. The highest BCUT2D eigenvalue weighted by Crippen LogP contribution is 2.41. The molecule has 2 aliphatic carbocycles. The molecule has 6 aliphatic rings. The summed E-state index contributed by atoms with van der Waals surface area (Å²) in [5.74, 6) is -3.26. The fourth-order valence-electron chi connectivity index (χ4n) is 9.36. The highest BCUT2D eigenvalue weighted by Gasteiger charge is 2.56. The quantitative estimate of drug-likeness (QED) is 0.0595. The molecule has 6 rings (SSSR count). The lowest BCUT2D eigenvalue weighted by molar-refractivity contribution is -0.152. The molecule has 4 saturated heterocycles. The summed E-state index contributed by atoms with van der Waals surface area (Å²) in [5.41, 5.74) is 3.48. The number of nitrogens with one attached hydrogen (secondary N) is 6. The number of halogens is 1. The van der Waals surface area contributed by atoms with Gasteiger partial charge >= 0.3 is 0 Å². The van der Waals surface area contributed by atoms with Crippen LogP contribution >= 0.6 is 11.6 Å². The van der Waals surface area contributed by atoms with Gasteiger partial charge in [-0.15, -0.1) is 11.6 Å². The number of hydrogen-bond donors (Lipinski definition) is 6. The summed E-state index contributed by atoms with van der Waals surface area (Å²) in [6.45, 7) is 5.84. The number of alkyl halides is 1. The molecule has 10 atom stereocenters. The third-order valence-electron chi connectivity index (χ3n) is 12.2. The Bertz CT molecular complexity index is 1410. The molecular formula is C37H59ClN8O9. The number of fused-ring (bicyclic) bond motifs is 2. The number of carbonyl (C=O) groups excluding carboxylic acids is 6. The van der Waals surface area contributed by atoms with Crippen LogP contribution in [0.5, 0.6) is 0 Å². The maximum Gasteiger partial charge on any atom is 0.249 e. The van der Waals surface area contributed by atoms with Crippen molar-refractivity contribution in [3.05, 3.63) is 0 Å². The van der Waals surface area contributed by atoms with Crippen LogP contribution in [0.15, 0.2) is 0 Å². The Morgan fingerprint density at radius 3 is 2.47 bits per heavy atom. The standard InChI is InChI=1S/C37H59ClN8O9/c1-3-21(4-2)26-17-29(46-34(43-26)25(38)18-40-46)41-22-8-9-23(16-22)42-32(49)19-54-15-14-53-13-12-39-31(48)20-55-28-7-5-6-24-33(28)37(52)45(36(24)51)27-10-11-30(47)44-35(27)50/h21-29,33-34,40-41,43H,3-20H2,1-2H3,(H,39,48)(H,42,49)(H,44,47,50)/t22-,23-,24?,25?,26?,27?,28?,29?,33?,34?/m0/s1. The SMILES string of the molecule is CCC(CC)C1CC(N[C@H]2CC[C@H](NC(=O)COCCOCCNC(=O)COC3CCCC4C(=O)N(C5CCC(=O)NC5=O)C(=O)C34)C2)N2NCC(Cl)C2N1. The van der Waals surface area contributed by atoms with Gasteiger partial charge in [-0.3, -0.25) is 55.0 Å². The van der Waals surface area contributed by atoms with Gasteiger partial charge in [-0.05, 0) is 50.9 Å². The normalized spacial score (nSPS) is 33.9. The van der Waals surface area contributed by atoms with Crippen molar-refractivity contribution in [1.82, 2.24) is 41.9 Å². The van der Waals surface area contributed by atoms with Crippen LogP contribution in [0.2, 0.25) is 0 Å². The lowest BCUT2D eigenvalue weighted by Gasteiger charge is -2.46. The van der Waals surface area contributed by atoms with Gasteiger partial charge in [0.1, 0.15) is 19.3 Å². The smallest absolute Gasteiger partial charge is 0.249 e. The van der Waals surface area contributed by atoms with Crippen LogP contribution in [0.1, 0.15) is 84.5 Å². The Kier molecular flexibility index (Phi) is 14.9. The van der Waals surface area contributed by atoms with Crippen LogP contribution in [-0.4, -0.2) is 139 Å². The van der Waals surface area contributed by atoms with Crippen molar-refractivity contribution in [1.29, 1.82) is 0 Å². The second-order valence-corrected chi connectivity index (χ2v) is 16.3. The van der Waals surface area contributed by atoms with Gasteiger partial charge in [0.25, 0.3) is 0 Å². The second-order valence-electron chi connectivity index (χ2n) is 15.7. The monoisotopic (exact) mass is 794 g/mol. The van der Waals surface area contributed by atoms with E-state index in [1.54, 1.807) is 0 Å². The first-order chi connectivity index (χ1) is 26.6. The van der Waals surface area contributed by atoms with Gasteiger partial charge in [0.05, 0.1) is 55.5 Å². The van der Waals surface area contributed by atoms with Crippen molar-refractivity contribution in [2.45, 2.75) is 132 Å². The third-order valence-corrected chi connectivity index (χ3v) is 12.6. The van der Waals surface area contributed by atoms with Gasteiger partial charge in [-0.2, -0.15) is 0 Å². The van der Waals surface area contributed by atoms with E-state index in [1.807, 2.05) is 0 Å². The molecule has 0 radical (unpaired) electrons. The average Bonchev–Trinajstić information content (AvgIpc) is 3.84. The fourth-order valence-corrected chi connectivity index (χ4v) is 9.63. The summed E-state index contributed by atoms with van der Waals surface area (Å²) in [6.07, 6.45) is 7.47. The highest BCUT2D eigenvalue weighted by atomic mass is 35.5. The maximum absolute atomic E-state index is 13.3. The first-order valence-corrected chi connectivity index (χ1v) is 20.7. The maximum atomic E-state index is 13.3. The van der Waals surface area contributed by atoms with E-state index in [1.165, 1.54) is 0 Å². The third kappa shape index (κ3) is 10.2. The van der Waals surface area contributed by atoms with Crippen molar-refractivity contribution < 1.29 is 43.0 Å². The van der Waals surface area contributed by atoms with E-state index in [2.05, 4.69) is 50.9 Å². The summed E-state index contributed by atoms with van der Waals surface area (Å²) < 4.78 is 16.9. The van der Waals surface area contributed by atoms with Crippen LogP contribution in [0.3, 0.4) is 0 Å². The summed E-state index contributed by atoms with van der Waals surface area (Å²) in [5, 5.41) is 17.9. The Labute approximate surface area is 327 Å². The molecule has 6 fully saturated rings. The minimum absolute atomic E-state index is 0.0102. The number of rotatable bonds is 18. The van der Waals surface area contributed by atoms with Crippen LogP contribution in [0.25, 0.3) is 0 Å². The number of imide groups is 2. The summed E-state index contributed by atoms with van der Waals surface area (Å²) in [4.78, 5) is 76.5. The second kappa shape index (κ2) is 19.6. The molecule has 308 valence electrons. The number of amides is 6. The molecule has 6 N–H and O–H groups in total. The van der Waals surface area contributed by atoms with Crippen molar-refractivity contribution in [3.8, 4) is 0 Å². The summed E-state index contributed by atoms with van der Waals surface area (Å²) in [6, 6.07) is -0.206. The molecule has 0 bridgehead atoms. The molecule has 4 aliphatic heterocycles. The van der Waals surface area contributed by atoms with E-state index in [9.17, 15) is 28.8 Å². The number of hydrogen-bond acceptors (Lipinski definition) is 13. The predicted octanol–water partition coefficient (Wildman–Crippen LogP) is -0.384. The first-order valence-electron chi connectivity index (χ1n) is 20.3. The Balaban J connectivity index is 0.807. The molecular weight excluding hydrogens is 736 g/mol. The number of hydrazine groups is 1. The van der Waals surface area contributed by atoms with E-state index in [-0.39, 0.29) is 88.0 Å². The highest BCUT2D eigenvalue weighted by molar-refractivity contribution is 6.21. The topological polar surface area (TPSA) is 209 Å². The van der Waals surface area contributed by atoms with E-state index >= 15 is 0 Å². The molecule has 17 nitrogen and oxygen atoms in total. The number of likely N-dealkylation sites (tertiary alicyclic amines) is 1. The predicted molar refractivity (Wildman–Crippen MR) is 199 cm³/mol. The van der Waals surface area contributed by atoms with E-state index in [0.717, 1.165) is 50.0 Å². The van der Waals surface area contributed by atoms with Gasteiger partial charge in [-0.25, -0.2) is 5.01 Å². The molecule has 6 amide bonds. The molecule has 0 aromatic heterocycles. The average molecular weight is 795 g/mol. The molecule has 18 heteroatoms. The van der Waals surface area contributed by atoms with Crippen LogP contribution in [0, 0.1) is 17.8 Å². The van der Waals surface area contributed by atoms with Gasteiger partial charge in [0.2, 0.25) is 35.4 Å². The summed E-state index contributed by atoms with van der Waals surface area (Å²) in [7, 11) is 0. The Morgan fingerprint density at radius 1 is 0.909 bits per heavy atom.